The first-order chi connectivity index (χ1) is 34.1. The highest BCUT2D eigenvalue weighted by Crippen LogP contribution is 2.30. The number of rotatable bonds is 38. The van der Waals surface area contributed by atoms with E-state index in [4.69, 9.17) is 18.9 Å². The summed E-state index contributed by atoms with van der Waals surface area (Å²) in [6.45, 7) is 2.52. The highest BCUT2D eigenvalue weighted by molar-refractivity contribution is 5.76. The Morgan fingerprint density at radius 1 is 0.529 bits per heavy atom. The van der Waals surface area contributed by atoms with E-state index in [1.807, 2.05) is 6.08 Å². The first kappa shape index (κ1) is 62.8. The van der Waals surface area contributed by atoms with E-state index in [2.05, 4.69) is 116 Å². The predicted molar refractivity (Wildman–Crippen MR) is 276 cm³/mol. The van der Waals surface area contributed by atoms with Gasteiger partial charge in [-0.1, -0.05) is 155 Å². The third kappa shape index (κ3) is 27.5. The van der Waals surface area contributed by atoms with Gasteiger partial charge >= 0.3 is 0 Å². The first-order valence-electron chi connectivity index (χ1n) is 26.1. The van der Waals surface area contributed by atoms with Gasteiger partial charge in [-0.2, -0.15) is 0 Å². The second kappa shape index (κ2) is 41.2. The van der Waals surface area contributed by atoms with Crippen LogP contribution in [0.5, 0.6) is 0 Å². The lowest BCUT2D eigenvalue weighted by molar-refractivity contribution is -0.359. The molecule has 14 nitrogen and oxygen atoms in total. The number of hydrogen-bond donors (Lipinski definition) is 9. The van der Waals surface area contributed by atoms with Crippen molar-refractivity contribution < 1.29 is 64.6 Å². The fourth-order valence-corrected chi connectivity index (χ4v) is 7.68. The van der Waals surface area contributed by atoms with Gasteiger partial charge in [0, 0.05) is 6.42 Å². The van der Waals surface area contributed by atoms with Crippen LogP contribution < -0.4 is 5.32 Å². The Kier molecular flexibility index (Phi) is 36.9. The van der Waals surface area contributed by atoms with Crippen molar-refractivity contribution in [3.8, 4) is 0 Å². The number of nitrogens with one attached hydrogen (secondary N) is 1. The molecular formula is C56H91NO13. The molecule has 398 valence electrons. The molecule has 2 heterocycles. The zero-order valence-corrected chi connectivity index (χ0v) is 42.2. The fraction of sp³-hybridized carbons (Fsp3) is 0.661. The maximum Gasteiger partial charge on any atom is 0.220 e. The molecule has 0 saturated carbocycles. The van der Waals surface area contributed by atoms with Crippen molar-refractivity contribution in [2.45, 2.75) is 216 Å². The van der Waals surface area contributed by atoms with Crippen molar-refractivity contribution in [1.29, 1.82) is 0 Å². The lowest BCUT2D eigenvalue weighted by Gasteiger charge is -2.46. The van der Waals surface area contributed by atoms with Crippen LogP contribution >= 0.6 is 0 Å². The van der Waals surface area contributed by atoms with Gasteiger partial charge in [-0.3, -0.25) is 4.79 Å². The minimum atomic E-state index is -1.80. The zero-order chi connectivity index (χ0) is 51.0. The molecule has 0 aromatic heterocycles. The molecule has 9 N–H and O–H groups in total. The molecule has 2 aliphatic rings. The summed E-state index contributed by atoms with van der Waals surface area (Å²) in [7, 11) is 0. The highest BCUT2D eigenvalue weighted by Gasteiger charge is 2.51. The summed E-state index contributed by atoms with van der Waals surface area (Å²) in [5, 5.41) is 86.6. The number of aliphatic hydroxyl groups excluding tert-OH is 8. The van der Waals surface area contributed by atoms with E-state index in [0.29, 0.717) is 12.8 Å². The maximum absolute atomic E-state index is 13.2. The molecular weight excluding hydrogens is 895 g/mol. The molecule has 0 bridgehead atoms. The van der Waals surface area contributed by atoms with E-state index < -0.39 is 86.8 Å². The van der Waals surface area contributed by atoms with Gasteiger partial charge in [-0.25, -0.2) is 0 Å². The Hall–Kier alpha value is -3.35. The fourth-order valence-electron chi connectivity index (χ4n) is 7.68. The normalized spacial score (nSPS) is 26.9. The molecule has 2 saturated heterocycles. The molecule has 12 unspecified atom stereocenters. The Bertz CT molecular complexity index is 1590. The van der Waals surface area contributed by atoms with Gasteiger partial charge in [0.25, 0.3) is 0 Å². The standard InChI is InChI=1S/C56H91NO13/c1-3-5-7-9-11-13-15-16-17-18-19-20-21-22-23-24-25-26-27-28-30-32-34-36-38-40-48(61)57-44(45(60)39-37-35-33-31-29-14-12-10-8-6-4-2)43-67-55-53(66)51(64)54(47(42-59)69-55)70-56-52(65)50(63)49(62)46(41-58)68-56/h5,7-8,10-11,13,16-17,19-20,22-23,25-26,29,31,37,39,44-47,49-56,58-60,62-66H,3-4,6,9,12,14-15,18,21,24,27-28,30,32-36,38,40-43H2,1-2H3,(H,57,61)/b7-5-,10-8+,13-11-,17-16-,20-19-,23-22-,26-25-,31-29+,39-37+. The minimum absolute atomic E-state index is 0.245. The molecule has 0 spiro atoms. The van der Waals surface area contributed by atoms with Crippen LogP contribution in [0.25, 0.3) is 0 Å². The number of carbonyl (C=O) groups is 1. The molecule has 2 aliphatic heterocycles. The van der Waals surface area contributed by atoms with Crippen molar-refractivity contribution in [1.82, 2.24) is 5.32 Å². The van der Waals surface area contributed by atoms with Crippen molar-refractivity contribution in [3.05, 3.63) is 109 Å². The minimum Gasteiger partial charge on any atom is -0.394 e. The Morgan fingerprint density at radius 2 is 1.00 bits per heavy atom. The predicted octanol–water partition coefficient (Wildman–Crippen LogP) is 7.32. The molecule has 0 radical (unpaired) electrons. The van der Waals surface area contributed by atoms with Gasteiger partial charge in [-0.15, -0.1) is 0 Å². The summed E-state index contributed by atoms with van der Waals surface area (Å²) in [6.07, 6.45) is 39.9. The summed E-state index contributed by atoms with van der Waals surface area (Å²) in [5.41, 5.74) is 0. The molecule has 0 aliphatic carbocycles. The van der Waals surface area contributed by atoms with E-state index in [1.165, 1.54) is 0 Å². The van der Waals surface area contributed by atoms with Gasteiger partial charge in [0.05, 0.1) is 32.0 Å². The Morgan fingerprint density at radius 3 is 1.56 bits per heavy atom. The number of carbonyl (C=O) groups excluding carboxylic acids is 1. The highest BCUT2D eigenvalue weighted by atomic mass is 16.7. The van der Waals surface area contributed by atoms with E-state index >= 15 is 0 Å². The molecule has 1 amide bonds. The molecule has 0 aromatic carbocycles. The molecule has 2 fully saturated rings. The molecule has 0 aromatic rings. The SMILES string of the molecule is CC/C=C\C/C=C\C/C=C\C/C=C\C/C=C\C/C=C\CCCCCCCCC(=O)NC(COC1OC(CO)C(OC2OC(CO)C(O)C(O)C2O)C(O)C1O)C(O)/C=C/CC/C=C/CC/C=C/CCC. The summed E-state index contributed by atoms with van der Waals surface area (Å²) in [5.74, 6) is -0.277. The van der Waals surface area contributed by atoms with Crippen LogP contribution in [0.1, 0.15) is 142 Å². The molecule has 2 rings (SSSR count). The van der Waals surface area contributed by atoms with E-state index in [1.54, 1.807) is 6.08 Å². The van der Waals surface area contributed by atoms with Crippen LogP contribution in [0.4, 0.5) is 0 Å². The second-order valence-corrected chi connectivity index (χ2v) is 17.9. The lowest BCUT2D eigenvalue weighted by Crippen LogP contribution is -2.65. The van der Waals surface area contributed by atoms with E-state index in [-0.39, 0.29) is 18.9 Å². The molecule has 70 heavy (non-hydrogen) atoms. The van der Waals surface area contributed by atoms with Gasteiger partial charge in [0.2, 0.25) is 5.91 Å². The van der Waals surface area contributed by atoms with Crippen molar-refractivity contribution in [3.63, 3.8) is 0 Å². The summed E-state index contributed by atoms with van der Waals surface area (Å²) in [6, 6.07) is -0.952. The summed E-state index contributed by atoms with van der Waals surface area (Å²) in [4.78, 5) is 13.2. The van der Waals surface area contributed by atoms with Crippen molar-refractivity contribution in [2.75, 3.05) is 19.8 Å². The summed E-state index contributed by atoms with van der Waals surface area (Å²) < 4.78 is 22.6. The Labute approximate surface area is 419 Å². The third-order valence-electron chi connectivity index (χ3n) is 11.9. The third-order valence-corrected chi connectivity index (χ3v) is 11.9. The number of unbranched alkanes of at least 4 members (excludes halogenated alkanes) is 9. The average molecular weight is 986 g/mol. The number of ether oxygens (including phenoxy) is 4. The first-order valence-corrected chi connectivity index (χ1v) is 26.1. The van der Waals surface area contributed by atoms with Gasteiger partial charge in [-0.05, 0) is 89.9 Å². The average Bonchev–Trinajstić information content (AvgIpc) is 3.36. The van der Waals surface area contributed by atoms with Crippen molar-refractivity contribution >= 4 is 5.91 Å². The second-order valence-electron chi connectivity index (χ2n) is 17.9. The Balaban J connectivity index is 1.79. The van der Waals surface area contributed by atoms with Gasteiger partial charge in [0.15, 0.2) is 12.6 Å². The number of allylic oxidation sites excluding steroid dienone is 17. The lowest BCUT2D eigenvalue weighted by atomic mass is 9.97. The largest absolute Gasteiger partial charge is 0.394 e. The maximum atomic E-state index is 13.2. The van der Waals surface area contributed by atoms with Crippen LogP contribution in [-0.2, 0) is 23.7 Å². The van der Waals surface area contributed by atoms with Crippen LogP contribution in [0, 0.1) is 0 Å². The van der Waals surface area contributed by atoms with E-state index in [9.17, 15) is 45.6 Å². The smallest absolute Gasteiger partial charge is 0.220 e. The number of amides is 1. The molecule has 14 heteroatoms. The zero-order valence-electron chi connectivity index (χ0n) is 42.2. The monoisotopic (exact) mass is 986 g/mol. The van der Waals surface area contributed by atoms with Crippen molar-refractivity contribution in [2.24, 2.45) is 0 Å². The molecule has 12 atom stereocenters. The number of aliphatic hydroxyl groups is 8. The van der Waals surface area contributed by atoms with Crippen LogP contribution in [0.3, 0.4) is 0 Å². The van der Waals surface area contributed by atoms with Crippen LogP contribution in [0.15, 0.2) is 109 Å². The number of hydrogen-bond acceptors (Lipinski definition) is 13. The topological polar surface area (TPSA) is 228 Å². The summed E-state index contributed by atoms with van der Waals surface area (Å²) >= 11 is 0. The quantitative estimate of drug-likeness (QED) is 0.0219. The van der Waals surface area contributed by atoms with E-state index in [0.717, 1.165) is 109 Å². The van der Waals surface area contributed by atoms with Gasteiger partial charge in [0.1, 0.15) is 48.8 Å². The van der Waals surface area contributed by atoms with Crippen LogP contribution in [-0.4, -0.2) is 140 Å². The van der Waals surface area contributed by atoms with Gasteiger partial charge < -0.3 is 65.1 Å². The van der Waals surface area contributed by atoms with Crippen LogP contribution in [0.2, 0.25) is 0 Å².